The van der Waals surface area contributed by atoms with Gasteiger partial charge in [-0.15, -0.1) is 0 Å². The van der Waals surface area contributed by atoms with Crippen LogP contribution in [0, 0.1) is 0 Å². The van der Waals surface area contributed by atoms with E-state index in [4.69, 9.17) is 9.47 Å². The van der Waals surface area contributed by atoms with Gasteiger partial charge in [0.2, 0.25) is 0 Å². The van der Waals surface area contributed by atoms with Gasteiger partial charge in [0, 0.05) is 6.61 Å². The quantitative estimate of drug-likeness (QED) is 0.378. The maximum Gasteiger partial charge on any atom is 0.114 e. The molecule has 1 aliphatic rings. The Bertz CT molecular complexity index is 295. The Labute approximate surface area is 133 Å². The highest BCUT2D eigenvalue weighted by atomic mass is 16.5. The lowest BCUT2D eigenvalue weighted by Crippen LogP contribution is -2.40. The smallest absolute Gasteiger partial charge is 0.114 e. The Balaban J connectivity index is 1.93. The Morgan fingerprint density at radius 1 is 1.14 bits per heavy atom. The molecule has 0 spiro atoms. The van der Waals surface area contributed by atoms with Crippen molar-refractivity contribution in [3.63, 3.8) is 0 Å². The van der Waals surface area contributed by atoms with Gasteiger partial charge in [-0.3, -0.25) is 0 Å². The third kappa shape index (κ3) is 7.70. The number of aliphatic hydroxyl groups is 3. The van der Waals surface area contributed by atoms with Crippen molar-refractivity contribution in [2.75, 3.05) is 19.8 Å². The molecule has 0 radical (unpaired) electrons. The van der Waals surface area contributed by atoms with Crippen molar-refractivity contribution in [2.24, 2.45) is 0 Å². The predicted octanol–water partition coefficient (Wildman–Crippen LogP) is 1.79. The van der Waals surface area contributed by atoms with Crippen LogP contribution in [0.25, 0.3) is 0 Å². The van der Waals surface area contributed by atoms with E-state index in [1.54, 1.807) is 0 Å². The molecule has 130 valence electrons. The van der Waals surface area contributed by atoms with Crippen LogP contribution in [0.5, 0.6) is 0 Å². The highest BCUT2D eigenvalue weighted by Gasteiger charge is 2.39. The van der Waals surface area contributed by atoms with E-state index in [1.165, 1.54) is 25.7 Å². The molecule has 3 N–H and O–H groups in total. The van der Waals surface area contributed by atoms with Crippen LogP contribution in [-0.2, 0) is 9.47 Å². The van der Waals surface area contributed by atoms with Crippen LogP contribution in [0.2, 0.25) is 0 Å². The second kappa shape index (κ2) is 12.0. The number of aliphatic hydroxyl groups excluding tert-OH is 3. The fourth-order valence-corrected chi connectivity index (χ4v) is 2.48. The van der Waals surface area contributed by atoms with E-state index in [2.05, 4.69) is 19.1 Å². The van der Waals surface area contributed by atoms with Gasteiger partial charge in [0.1, 0.15) is 24.4 Å². The minimum Gasteiger partial charge on any atom is -0.388 e. The molecule has 5 heteroatoms. The molecule has 0 bridgehead atoms. The van der Waals surface area contributed by atoms with Crippen LogP contribution in [-0.4, -0.2) is 59.6 Å². The first-order valence-corrected chi connectivity index (χ1v) is 8.55. The summed E-state index contributed by atoms with van der Waals surface area (Å²) in [5, 5.41) is 28.8. The van der Waals surface area contributed by atoms with Gasteiger partial charge in [-0.05, 0) is 32.1 Å². The van der Waals surface area contributed by atoms with Gasteiger partial charge in [-0.25, -0.2) is 0 Å². The fraction of sp³-hybridized carbons (Fsp3) is 0.882. The second-order valence-corrected chi connectivity index (χ2v) is 5.96. The summed E-state index contributed by atoms with van der Waals surface area (Å²) in [4.78, 5) is 0. The van der Waals surface area contributed by atoms with Crippen LogP contribution in [0.1, 0.15) is 51.9 Å². The van der Waals surface area contributed by atoms with Crippen LogP contribution < -0.4 is 0 Å². The maximum atomic E-state index is 9.85. The van der Waals surface area contributed by atoms with Crippen molar-refractivity contribution in [3.05, 3.63) is 12.2 Å². The standard InChI is InChI=1S/C17H32O5/c1-2-3-4-5-6-7-8-9-10-11-21-12-15(19)17-16(20)14(18)13-22-17/h6-7,14-20H,2-5,8-13H2,1H3/b7-6+/t14-,15+,16+,17+/m1/s1. The normalized spacial score (nSPS) is 26.8. The van der Waals surface area contributed by atoms with E-state index in [0.717, 1.165) is 19.3 Å². The highest BCUT2D eigenvalue weighted by molar-refractivity contribution is 4.87. The first-order chi connectivity index (χ1) is 10.7. The molecule has 0 aromatic rings. The molecule has 1 aliphatic heterocycles. The lowest BCUT2D eigenvalue weighted by atomic mass is 10.1. The first kappa shape index (κ1) is 19.6. The summed E-state index contributed by atoms with van der Waals surface area (Å²) in [7, 11) is 0. The second-order valence-electron chi connectivity index (χ2n) is 5.96. The molecule has 1 heterocycles. The molecule has 0 aromatic heterocycles. The zero-order valence-corrected chi connectivity index (χ0v) is 13.7. The number of ether oxygens (including phenoxy) is 2. The molecule has 0 amide bonds. The highest BCUT2D eigenvalue weighted by Crippen LogP contribution is 2.17. The topological polar surface area (TPSA) is 79.2 Å². The van der Waals surface area contributed by atoms with Crippen LogP contribution >= 0.6 is 0 Å². The van der Waals surface area contributed by atoms with E-state index in [9.17, 15) is 15.3 Å². The minimum atomic E-state index is -1.03. The van der Waals surface area contributed by atoms with Gasteiger partial charge in [0.05, 0.1) is 13.2 Å². The molecule has 0 aromatic carbocycles. The number of rotatable bonds is 12. The average Bonchev–Trinajstić information content (AvgIpc) is 2.84. The predicted molar refractivity (Wildman–Crippen MR) is 85.7 cm³/mol. The molecule has 1 fully saturated rings. The SMILES string of the molecule is CCCCC/C=C/CCCCOC[C@H](O)[C@@H]1OC[C@@H](O)[C@@H]1O. The fourth-order valence-electron chi connectivity index (χ4n) is 2.48. The van der Waals surface area contributed by atoms with Crippen molar-refractivity contribution in [1.29, 1.82) is 0 Å². The van der Waals surface area contributed by atoms with Crippen molar-refractivity contribution >= 4 is 0 Å². The average molecular weight is 316 g/mol. The monoisotopic (exact) mass is 316 g/mol. The number of hydrogen-bond acceptors (Lipinski definition) is 5. The summed E-state index contributed by atoms with van der Waals surface area (Å²) in [5.41, 5.74) is 0. The van der Waals surface area contributed by atoms with Crippen LogP contribution in [0.3, 0.4) is 0 Å². The molecule has 4 atom stereocenters. The van der Waals surface area contributed by atoms with Crippen molar-refractivity contribution in [2.45, 2.75) is 76.3 Å². The van der Waals surface area contributed by atoms with Crippen molar-refractivity contribution in [3.8, 4) is 0 Å². The molecule has 1 rings (SSSR count). The van der Waals surface area contributed by atoms with Crippen molar-refractivity contribution < 1.29 is 24.8 Å². The third-order valence-electron chi connectivity index (χ3n) is 3.91. The van der Waals surface area contributed by atoms with Gasteiger partial charge in [0.25, 0.3) is 0 Å². The minimum absolute atomic E-state index is 0.0630. The Morgan fingerprint density at radius 3 is 2.41 bits per heavy atom. The third-order valence-corrected chi connectivity index (χ3v) is 3.91. The molecule has 5 nitrogen and oxygen atoms in total. The van der Waals surface area contributed by atoms with Crippen LogP contribution in [0.4, 0.5) is 0 Å². The van der Waals surface area contributed by atoms with E-state index in [-0.39, 0.29) is 13.2 Å². The molecule has 0 unspecified atom stereocenters. The van der Waals surface area contributed by atoms with E-state index in [1.807, 2.05) is 0 Å². The van der Waals surface area contributed by atoms with E-state index < -0.39 is 24.4 Å². The molecule has 22 heavy (non-hydrogen) atoms. The Hall–Kier alpha value is -0.460. The molecule has 1 saturated heterocycles. The Kier molecular flexibility index (Phi) is 10.7. The summed E-state index contributed by atoms with van der Waals surface area (Å²) in [6.45, 7) is 2.99. The summed E-state index contributed by atoms with van der Waals surface area (Å²) < 4.78 is 10.6. The maximum absolute atomic E-state index is 9.85. The molecule has 0 saturated carbocycles. The van der Waals surface area contributed by atoms with Gasteiger partial charge < -0.3 is 24.8 Å². The van der Waals surface area contributed by atoms with Crippen molar-refractivity contribution in [1.82, 2.24) is 0 Å². The lowest BCUT2D eigenvalue weighted by molar-refractivity contribution is -0.0813. The number of allylic oxidation sites excluding steroid dienone is 2. The first-order valence-electron chi connectivity index (χ1n) is 8.55. The Morgan fingerprint density at radius 2 is 1.82 bits per heavy atom. The van der Waals surface area contributed by atoms with E-state index in [0.29, 0.717) is 6.61 Å². The van der Waals surface area contributed by atoms with Crippen LogP contribution in [0.15, 0.2) is 12.2 Å². The summed E-state index contributed by atoms with van der Waals surface area (Å²) in [6.07, 6.45) is 8.99. The number of unbranched alkanes of at least 4 members (excludes halogenated alkanes) is 5. The van der Waals surface area contributed by atoms with Gasteiger partial charge in [0.15, 0.2) is 0 Å². The zero-order chi connectivity index (χ0) is 16.2. The summed E-state index contributed by atoms with van der Waals surface area (Å²) in [5.74, 6) is 0. The van der Waals surface area contributed by atoms with Gasteiger partial charge >= 0.3 is 0 Å². The van der Waals surface area contributed by atoms with Gasteiger partial charge in [-0.1, -0.05) is 31.9 Å². The summed E-state index contributed by atoms with van der Waals surface area (Å²) in [6, 6.07) is 0. The molecular formula is C17H32O5. The van der Waals surface area contributed by atoms with Gasteiger partial charge in [-0.2, -0.15) is 0 Å². The largest absolute Gasteiger partial charge is 0.388 e. The molecule has 0 aliphatic carbocycles. The molecular weight excluding hydrogens is 284 g/mol. The van der Waals surface area contributed by atoms with E-state index >= 15 is 0 Å². The zero-order valence-electron chi connectivity index (χ0n) is 13.7. The lowest BCUT2D eigenvalue weighted by Gasteiger charge is -2.20. The summed E-state index contributed by atoms with van der Waals surface area (Å²) >= 11 is 0. The number of hydrogen-bond donors (Lipinski definition) is 3.